The summed E-state index contributed by atoms with van der Waals surface area (Å²) in [5.74, 6) is 6.76. The number of rotatable bonds is 6. The molecule has 0 heterocycles. The monoisotopic (exact) mass is 248 g/mol. The van der Waals surface area contributed by atoms with E-state index in [0.717, 1.165) is 16.9 Å². The van der Waals surface area contributed by atoms with E-state index in [9.17, 15) is 0 Å². The van der Waals surface area contributed by atoms with Gasteiger partial charge < -0.3 is 14.6 Å². The maximum absolute atomic E-state index is 8.65. The summed E-state index contributed by atoms with van der Waals surface area (Å²) in [5, 5.41) is 8.65. The van der Waals surface area contributed by atoms with Crippen LogP contribution in [0.2, 0.25) is 0 Å². The highest BCUT2D eigenvalue weighted by atomic mass is 16.5. The summed E-state index contributed by atoms with van der Waals surface area (Å²) in [7, 11) is 0. The molecule has 3 nitrogen and oxygen atoms in total. The van der Waals surface area contributed by atoms with Crippen LogP contribution in [0.3, 0.4) is 0 Å². The first-order valence-electron chi connectivity index (χ1n) is 6.19. The standard InChI is InChI=1S/C15H20O3/c1-3-17-10-11-18-15-8-7-14(12-13(15)2)6-4-5-9-16/h7-8,12,16H,3,5,9-11H2,1-2H3. The highest BCUT2D eigenvalue weighted by Gasteiger charge is 1.99. The Kier molecular flexibility index (Phi) is 6.93. The predicted molar refractivity (Wildman–Crippen MR) is 71.7 cm³/mol. The van der Waals surface area contributed by atoms with E-state index in [1.165, 1.54) is 0 Å². The molecule has 0 spiro atoms. The van der Waals surface area contributed by atoms with Gasteiger partial charge in [-0.25, -0.2) is 0 Å². The van der Waals surface area contributed by atoms with Crippen LogP contribution in [0.1, 0.15) is 24.5 Å². The van der Waals surface area contributed by atoms with Crippen LogP contribution in [0.5, 0.6) is 5.75 Å². The summed E-state index contributed by atoms with van der Waals surface area (Å²) in [6.07, 6.45) is 0.506. The minimum absolute atomic E-state index is 0.102. The van der Waals surface area contributed by atoms with Crippen LogP contribution in [0.4, 0.5) is 0 Å². The lowest BCUT2D eigenvalue weighted by Crippen LogP contribution is -2.07. The zero-order chi connectivity index (χ0) is 13.2. The van der Waals surface area contributed by atoms with Crippen molar-refractivity contribution in [1.29, 1.82) is 0 Å². The molecule has 0 bridgehead atoms. The van der Waals surface area contributed by atoms with Gasteiger partial charge in [0.2, 0.25) is 0 Å². The van der Waals surface area contributed by atoms with E-state index in [1.807, 2.05) is 32.0 Å². The Morgan fingerprint density at radius 3 is 2.78 bits per heavy atom. The van der Waals surface area contributed by atoms with E-state index < -0.39 is 0 Å². The molecule has 0 saturated carbocycles. The maximum atomic E-state index is 8.65. The lowest BCUT2D eigenvalue weighted by atomic mass is 10.1. The van der Waals surface area contributed by atoms with Gasteiger partial charge in [0.15, 0.2) is 0 Å². The first-order chi connectivity index (χ1) is 8.77. The molecule has 1 N–H and O–H groups in total. The van der Waals surface area contributed by atoms with Crippen molar-refractivity contribution in [2.45, 2.75) is 20.3 Å². The summed E-state index contributed by atoms with van der Waals surface area (Å²) in [4.78, 5) is 0. The third-order valence-electron chi connectivity index (χ3n) is 2.33. The van der Waals surface area contributed by atoms with Gasteiger partial charge in [0.1, 0.15) is 12.4 Å². The van der Waals surface area contributed by atoms with Crippen molar-refractivity contribution in [3.05, 3.63) is 29.3 Å². The molecule has 0 saturated heterocycles. The van der Waals surface area contributed by atoms with Crippen molar-refractivity contribution in [2.75, 3.05) is 26.4 Å². The summed E-state index contributed by atoms with van der Waals surface area (Å²) >= 11 is 0. The Bertz CT molecular complexity index is 415. The topological polar surface area (TPSA) is 38.7 Å². The Morgan fingerprint density at radius 2 is 2.11 bits per heavy atom. The summed E-state index contributed by atoms with van der Waals surface area (Å²) in [6.45, 7) is 5.93. The van der Waals surface area contributed by atoms with Crippen molar-refractivity contribution in [2.24, 2.45) is 0 Å². The number of aliphatic hydroxyl groups excluding tert-OH is 1. The number of hydrogen-bond donors (Lipinski definition) is 1. The Labute approximate surface area is 109 Å². The fourth-order valence-corrected chi connectivity index (χ4v) is 1.46. The summed E-state index contributed by atoms with van der Waals surface area (Å²) in [5.41, 5.74) is 2.00. The number of benzene rings is 1. The molecule has 1 rings (SSSR count). The molecule has 0 aliphatic carbocycles. The third-order valence-corrected chi connectivity index (χ3v) is 2.33. The minimum Gasteiger partial charge on any atom is -0.491 e. The fraction of sp³-hybridized carbons (Fsp3) is 0.467. The van der Waals surface area contributed by atoms with Gasteiger partial charge in [0.05, 0.1) is 13.2 Å². The fourth-order valence-electron chi connectivity index (χ4n) is 1.46. The van der Waals surface area contributed by atoms with Crippen LogP contribution in [0, 0.1) is 18.8 Å². The van der Waals surface area contributed by atoms with Gasteiger partial charge in [0.25, 0.3) is 0 Å². The molecule has 0 atom stereocenters. The van der Waals surface area contributed by atoms with Crippen LogP contribution < -0.4 is 4.74 Å². The SMILES string of the molecule is CCOCCOc1ccc(C#CCCO)cc1C. The molecule has 0 fully saturated rings. The molecule has 98 valence electrons. The zero-order valence-electron chi connectivity index (χ0n) is 11.0. The van der Waals surface area contributed by atoms with E-state index >= 15 is 0 Å². The molecular formula is C15H20O3. The Hall–Kier alpha value is -1.50. The van der Waals surface area contributed by atoms with Crippen LogP contribution in [0.15, 0.2) is 18.2 Å². The van der Waals surface area contributed by atoms with E-state index in [4.69, 9.17) is 14.6 Å². The third kappa shape index (κ3) is 5.22. The molecule has 3 heteroatoms. The number of ether oxygens (including phenoxy) is 2. The molecule has 1 aromatic rings. The molecule has 1 aromatic carbocycles. The van der Waals surface area contributed by atoms with Gasteiger partial charge >= 0.3 is 0 Å². The van der Waals surface area contributed by atoms with Crippen molar-refractivity contribution < 1.29 is 14.6 Å². The normalized spacial score (nSPS) is 9.72. The van der Waals surface area contributed by atoms with Gasteiger partial charge in [-0.15, -0.1) is 0 Å². The second-order valence-corrected chi connectivity index (χ2v) is 3.80. The van der Waals surface area contributed by atoms with E-state index in [-0.39, 0.29) is 6.61 Å². The van der Waals surface area contributed by atoms with Crippen molar-refractivity contribution >= 4 is 0 Å². The molecule has 0 aliphatic heterocycles. The van der Waals surface area contributed by atoms with Gasteiger partial charge in [-0.3, -0.25) is 0 Å². The smallest absolute Gasteiger partial charge is 0.122 e. The van der Waals surface area contributed by atoms with Crippen LogP contribution in [-0.2, 0) is 4.74 Å². The number of aliphatic hydroxyl groups is 1. The Balaban J connectivity index is 2.54. The zero-order valence-corrected chi connectivity index (χ0v) is 11.0. The van der Waals surface area contributed by atoms with E-state index in [1.54, 1.807) is 0 Å². The highest BCUT2D eigenvalue weighted by molar-refractivity contribution is 5.43. The molecule has 0 aliphatic rings. The average molecular weight is 248 g/mol. The summed E-state index contributed by atoms with van der Waals surface area (Å²) in [6, 6.07) is 5.83. The van der Waals surface area contributed by atoms with Crippen LogP contribution >= 0.6 is 0 Å². The number of hydrogen-bond acceptors (Lipinski definition) is 3. The second-order valence-electron chi connectivity index (χ2n) is 3.80. The molecule has 0 aromatic heterocycles. The van der Waals surface area contributed by atoms with E-state index in [2.05, 4.69) is 11.8 Å². The summed E-state index contributed by atoms with van der Waals surface area (Å²) < 4.78 is 10.8. The number of aryl methyl sites for hydroxylation is 1. The maximum Gasteiger partial charge on any atom is 0.122 e. The lowest BCUT2D eigenvalue weighted by molar-refractivity contribution is 0.110. The minimum atomic E-state index is 0.102. The van der Waals surface area contributed by atoms with Crippen LogP contribution in [-0.4, -0.2) is 31.5 Å². The van der Waals surface area contributed by atoms with Crippen molar-refractivity contribution in [3.63, 3.8) is 0 Å². The predicted octanol–water partition coefficient (Wildman–Crippen LogP) is 2.14. The lowest BCUT2D eigenvalue weighted by Gasteiger charge is -2.09. The molecule has 0 amide bonds. The van der Waals surface area contributed by atoms with Crippen LogP contribution in [0.25, 0.3) is 0 Å². The quantitative estimate of drug-likeness (QED) is 0.619. The average Bonchev–Trinajstić information content (AvgIpc) is 2.37. The van der Waals surface area contributed by atoms with Gasteiger partial charge in [-0.2, -0.15) is 0 Å². The van der Waals surface area contributed by atoms with Crippen molar-refractivity contribution in [1.82, 2.24) is 0 Å². The van der Waals surface area contributed by atoms with Crippen molar-refractivity contribution in [3.8, 4) is 17.6 Å². The van der Waals surface area contributed by atoms with Gasteiger partial charge in [-0.05, 0) is 37.6 Å². The molecule has 0 unspecified atom stereocenters. The highest BCUT2D eigenvalue weighted by Crippen LogP contribution is 2.18. The second kappa shape index (κ2) is 8.57. The molecule has 0 radical (unpaired) electrons. The van der Waals surface area contributed by atoms with Gasteiger partial charge in [0, 0.05) is 18.6 Å². The largest absolute Gasteiger partial charge is 0.491 e. The Morgan fingerprint density at radius 1 is 1.28 bits per heavy atom. The molecule has 18 heavy (non-hydrogen) atoms. The molecular weight excluding hydrogens is 228 g/mol. The van der Waals surface area contributed by atoms with E-state index in [0.29, 0.717) is 26.2 Å². The first-order valence-corrected chi connectivity index (χ1v) is 6.19. The first kappa shape index (κ1) is 14.6. The van der Waals surface area contributed by atoms with Gasteiger partial charge in [-0.1, -0.05) is 11.8 Å².